The number of amides is 1. The SMILES string of the molecule is CCNC(=O)C1COCCN1c1cncc(NCC)n1. The molecule has 0 spiro atoms. The van der Waals surface area contributed by atoms with Gasteiger partial charge in [0.2, 0.25) is 5.91 Å². The molecule has 2 N–H and O–H groups in total. The van der Waals surface area contributed by atoms with Crippen LogP contribution in [0.25, 0.3) is 0 Å². The van der Waals surface area contributed by atoms with Gasteiger partial charge in [-0.25, -0.2) is 4.98 Å². The maximum atomic E-state index is 12.1. The zero-order chi connectivity index (χ0) is 14.4. The van der Waals surface area contributed by atoms with Gasteiger partial charge in [-0.15, -0.1) is 0 Å². The molecule has 0 saturated carbocycles. The maximum Gasteiger partial charge on any atom is 0.245 e. The molecule has 2 heterocycles. The molecule has 1 unspecified atom stereocenters. The lowest BCUT2D eigenvalue weighted by atomic mass is 10.2. The van der Waals surface area contributed by atoms with Crippen LogP contribution in [0.4, 0.5) is 11.6 Å². The van der Waals surface area contributed by atoms with E-state index in [2.05, 4.69) is 20.6 Å². The number of ether oxygens (including phenoxy) is 1. The van der Waals surface area contributed by atoms with Crippen LogP contribution in [0, 0.1) is 0 Å². The number of nitrogens with one attached hydrogen (secondary N) is 2. The normalized spacial score (nSPS) is 18.7. The van der Waals surface area contributed by atoms with E-state index in [9.17, 15) is 4.79 Å². The summed E-state index contributed by atoms with van der Waals surface area (Å²) < 4.78 is 5.41. The third kappa shape index (κ3) is 3.36. The number of hydrogen-bond donors (Lipinski definition) is 2. The monoisotopic (exact) mass is 279 g/mol. The first-order valence-electron chi connectivity index (χ1n) is 6.94. The molecule has 0 radical (unpaired) electrons. The Bertz CT molecular complexity index is 454. The lowest BCUT2D eigenvalue weighted by Crippen LogP contribution is -2.54. The van der Waals surface area contributed by atoms with Gasteiger partial charge in [-0.3, -0.25) is 9.78 Å². The van der Waals surface area contributed by atoms with Gasteiger partial charge in [-0.1, -0.05) is 0 Å². The van der Waals surface area contributed by atoms with Gasteiger partial charge in [-0.05, 0) is 13.8 Å². The second kappa shape index (κ2) is 7.04. The molecular formula is C13H21N5O2. The fraction of sp³-hybridized carbons (Fsp3) is 0.615. The number of morpholine rings is 1. The molecule has 0 aliphatic carbocycles. The van der Waals surface area contributed by atoms with Crippen LogP contribution in [0.3, 0.4) is 0 Å². The summed E-state index contributed by atoms with van der Waals surface area (Å²) in [5, 5.41) is 5.95. The Labute approximate surface area is 118 Å². The first kappa shape index (κ1) is 14.5. The number of carbonyl (C=O) groups excluding carboxylic acids is 1. The Morgan fingerprint density at radius 1 is 1.45 bits per heavy atom. The van der Waals surface area contributed by atoms with Crippen LogP contribution in [0.15, 0.2) is 12.4 Å². The van der Waals surface area contributed by atoms with E-state index in [0.29, 0.717) is 37.9 Å². The van der Waals surface area contributed by atoms with E-state index >= 15 is 0 Å². The quantitative estimate of drug-likeness (QED) is 0.804. The molecule has 1 fully saturated rings. The largest absolute Gasteiger partial charge is 0.377 e. The Balaban J connectivity index is 2.18. The summed E-state index contributed by atoms with van der Waals surface area (Å²) >= 11 is 0. The molecule has 1 atom stereocenters. The first-order valence-corrected chi connectivity index (χ1v) is 6.94. The second-order valence-electron chi connectivity index (χ2n) is 4.47. The number of nitrogens with zero attached hydrogens (tertiary/aromatic N) is 3. The van der Waals surface area contributed by atoms with Crippen molar-refractivity contribution in [3.8, 4) is 0 Å². The van der Waals surface area contributed by atoms with E-state index in [0.717, 1.165) is 6.54 Å². The number of hydrogen-bond acceptors (Lipinski definition) is 6. The van der Waals surface area contributed by atoms with Crippen molar-refractivity contribution in [3.05, 3.63) is 12.4 Å². The summed E-state index contributed by atoms with van der Waals surface area (Å²) in [6.07, 6.45) is 3.35. The lowest BCUT2D eigenvalue weighted by molar-refractivity contribution is -0.124. The lowest BCUT2D eigenvalue weighted by Gasteiger charge is -2.35. The van der Waals surface area contributed by atoms with Crippen molar-refractivity contribution in [2.24, 2.45) is 0 Å². The number of aromatic nitrogens is 2. The Morgan fingerprint density at radius 3 is 3.05 bits per heavy atom. The zero-order valence-corrected chi connectivity index (χ0v) is 11.9. The predicted octanol–water partition coefficient (Wildman–Crippen LogP) is 0.250. The smallest absolute Gasteiger partial charge is 0.245 e. The van der Waals surface area contributed by atoms with Crippen LogP contribution in [0.5, 0.6) is 0 Å². The third-order valence-corrected chi connectivity index (χ3v) is 3.06. The molecule has 1 saturated heterocycles. The standard InChI is InChI=1S/C13H21N5O2/c1-3-15-11-7-14-8-12(17-11)18-5-6-20-9-10(18)13(19)16-4-2/h7-8,10H,3-6,9H2,1-2H3,(H,15,17)(H,16,19). The molecule has 7 nitrogen and oxygen atoms in total. The fourth-order valence-corrected chi connectivity index (χ4v) is 2.15. The van der Waals surface area contributed by atoms with Gasteiger partial charge >= 0.3 is 0 Å². The molecule has 1 aliphatic rings. The van der Waals surface area contributed by atoms with Gasteiger partial charge in [0.25, 0.3) is 0 Å². The van der Waals surface area contributed by atoms with Crippen LogP contribution >= 0.6 is 0 Å². The Hall–Kier alpha value is -1.89. The highest BCUT2D eigenvalue weighted by Crippen LogP contribution is 2.18. The van der Waals surface area contributed by atoms with E-state index < -0.39 is 0 Å². The van der Waals surface area contributed by atoms with Crippen LogP contribution < -0.4 is 15.5 Å². The highest BCUT2D eigenvalue weighted by Gasteiger charge is 2.30. The first-order chi connectivity index (χ1) is 9.76. The number of rotatable bonds is 5. The van der Waals surface area contributed by atoms with Crippen molar-refractivity contribution >= 4 is 17.5 Å². The van der Waals surface area contributed by atoms with E-state index in [1.807, 2.05) is 18.7 Å². The third-order valence-electron chi connectivity index (χ3n) is 3.06. The highest BCUT2D eigenvalue weighted by molar-refractivity contribution is 5.85. The van der Waals surface area contributed by atoms with Gasteiger partial charge in [0, 0.05) is 19.6 Å². The number of likely N-dealkylation sites (N-methyl/N-ethyl adjacent to an activating group) is 1. The zero-order valence-electron chi connectivity index (χ0n) is 11.9. The number of anilines is 2. The fourth-order valence-electron chi connectivity index (χ4n) is 2.15. The van der Waals surface area contributed by atoms with Gasteiger partial charge in [-0.2, -0.15) is 0 Å². The van der Waals surface area contributed by atoms with Gasteiger partial charge in [0.05, 0.1) is 25.6 Å². The van der Waals surface area contributed by atoms with Crippen LogP contribution in [-0.2, 0) is 9.53 Å². The van der Waals surface area contributed by atoms with Crippen molar-refractivity contribution in [3.63, 3.8) is 0 Å². The van der Waals surface area contributed by atoms with Crippen LogP contribution in [0.2, 0.25) is 0 Å². The average molecular weight is 279 g/mol. The van der Waals surface area contributed by atoms with E-state index in [1.165, 1.54) is 0 Å². The topological polar surface area (TPSA) is 79.4 Å². The molecule has 0 bridgehead atoms. The average Bonchev–Trinajstić information content (AvgIpc) is 2.48. The van der Waals surface area contributed by atoms with E-state index in [-0.39, 0.29) is 11.9 Å². The van der Waals surface area contributed by atoms with Gasteiger partial charge < -0.3 is 20.3 Å². The van der Waals surface area contributed by atoms with Gasteiger partial charge in [0.1, 0.15) is 17.7 Å². The summed E-state index contributed by atoms with van der Waals surface area (Å²) in [6, 6.07) is -0.352. The summed E-state index contributed by atoms with van der Waals surface area (Å²) in [5.41, 5.74) is 0. The van der Waals surface area contributed by atoms with Gasteiger partial charge in [0.15, 0.2) is 0 Å². The summed E-state index contributed by atoms with van der Waals surface area (Å²) in [7, 11) is 0. The Kier molecular flexibility index (Phi) is 5.11. The van der Waals surface area contributed by atoms with Crippen molar-refractivity contribution in [2.75, 3.05) is 43.1 Å². The van der Waals surface area contributed by atoms with Crippen molar-refractivity contribution in [1.29, 1.82) is 0 Å². The molecule has 1 amide bonds. The summed E-state index contributed by atoms with van der Waals surface area (Å²) in [4.78, 5) is 22.7. The van der Waals surface area contributed by atoms with E-state index in [1.54, 1.807) is 12.4 Å². The summed E-state index contributed by atoms with van der Waals surface area (Å²) in [6.45, 7) is 6.87. The highest BCUT2D eigenvalue weighted by atomic mass is 16.5. The Morgan fingerprint density at radius 2 is 2.30 bits per heavy atom. The minimum Gasteiger partial charge on any atom is -0.377 e. The summed E-state index contributed by atoms with van der Waals surface area (Å²) in [5.74, 6) is 1.37. The molecule has 1 aromatic rings. The molecule has 1 aromatic heterocycles. The predicted molar refractivity (Wildman–Crippen MR) is 76.8 cm³/mol. The molecule has 2 rings (SSSR count). The maximum absolute atomic E-state index is 12.1. The van der Waals surface area contributed by atoms with Crippen molar-refractivity contribution in [1.82, 2.24) is 15.3 Å². The minimum atomic E-state index is -0.352. The molecule has 0 aromatic carbocycles. The minimum absolute atomic E-state index is 0.0390. The molecular weight excluding hydrogens is 258 g/mol. The molecule has 20 heavy (non-hydrogen) atoms. The van der Waals surface area contributed by atoms with Crippen molar-refractivity contribution < 1.29 is 9.53 Å². The molecule has 110 valence electrons. The second-order valence-corrected chi connectivity index (χ2v) is 4.47. The van der Waals surface area contributed by atoms with E-state index in [4.69, 9.17) is 4.74 Å². The van der Waals surface area contributed by atoms with Crippen molar-refractivity contribution in [2.45, 2.75) is 19.9 Å². The number of carbonyl (C=O) groups is 1. The molecule has 7 heteroatoms. The molecule has 1 aliphatic heterocycles. The van der Waals surface area contributed by atoms with Crippen LogP contribution in [-0.4, -0.2) is 54.8 Å². The van der Waals surface area contributed by atoms with Crippen LogP contribution in [0.1, 0.15) is 13.8 Å².